The van der Waals surface area contributed by atoms with Gasteiger partial charge in [-0.05, 0) is 37.3 Å². The average molecular weight is 257 g/mol. The number of hydrogen-bond donors (Lipinski definition) is 0. The van der Waals surface area contributed by atoms with Crippen LogP contribution in [0, 0.1) is 18.3 Å². The van der Waals surface area contributed by atoms with Crippen LogP contribution < -0.4 is 4.74 Å². The van der Waals surface area contributed by atoms with Crippen LogP contribution in [0.3, 0.4) is 0 Å². The van der Waals surface area contributed by atoms with Crippen molar-refractivity contribution >= 4 is 17.1 Å². The second kappa shape index (κ2) is 5.48. The summed E-state index contributed by atoms with van der Waals surface area (Å²) in [5.41, 5.74) is 0.520. The summed E-state index contributed by atoms with van der Waals surface area (Å²) in [6.07, 6.45) is 0. The van der Waals surface area contributed by atoms with Gasteiger partial charge in [0.2, 0.25) is 5.78 Å². The average Bonchev–Trinajstić information content (AvgIpc) is 2.83. The fourth-order valence-corrected chi connectivity index (χ4v) is 2.25. The van der Waals surface area contributed by atoms with E-state index in [0.29, 0.717) is 16.2 Å². The number of hydrogen-bond acceptors (Lipinski definition) is 4. The Morgan fingerprint density at radius 3 is 2.89 bits per heavy atom. The Morgan fingerprint density at radius 2 is 2.22 bits per heavy atom. The first-order valence-corrected chi connectivity index (χ1v) is 6.23. The lowest BCUT2D eigenvalue weighted by atomic mass is 10.2. The first kappa shape index (κ1) is 12.3. The van der Waals surface area contributed by atoms with E-state index in [1.807, 2.05) is 19.1 Å². The Kier molecular flexibility index (Phi) is 3.75. The fraction of sp³-hybridized carbons (Fsp3) is 0.143. The highest BCUT2D eigenvalue weighted by Crippen LogP contribution is 2.17. The Labute approximate surface area is 109 Å². The standard InChI is InChI=1S/C14H11NO2S/c1-10-5-6-14(18-10)13(16)9-17-12-4-2-3-11(7-12)8-15/h2-7H,9H2,1H3. The van der Waals surface area contributed by atoms with E-state index < -0.39 is 0 Å². The second-order valence-electron chi connectivity index (χ2n) is 3.76. The minimum Gasteiger partial charge on any atom is -0.485 e. The Balaban J connectivity index is 1.99. The largest absolute Gasteiger partial charge is 0.485 e. The van der Waals surface area contributed by atoms with Gasteiger partial charge in [-0.3, -0.25) is 4.79 Å². The van der Waals surface area contributed by atoms with E-state index in [0.717, 1.165) is 4.88 Å². The monoisotopic (exact) mass is 257 g/mol. The number of ether oxygens (including phenoxy) is 1. The maximum Gasteiger partial charge on any atom is 0.210 e. The summed E-state index contributed by atoms with van der Waals surface area (Å²) in [7, 11) is 0. The molecule has 0 saturated carbocycles. The molecule has 1 aromatic heterocycles. The van der Waals surface area contributed by atoms with E-state index >= 15 is 0 Å². The summed E-state index contributed by atoms with van der Waals surface area (Å²) in [4.78, 5) is 13.6. The van der Waals surface area contributed by atoms with Crippen LogP contribution in [0.4, 0.5) is 0 Å². The van der Waals surface area contributed by atoms with Crippen LogP contribution in [0.1, 0.15) is 20.1 Å². The number of carbonyl (C=O) groups is 1. The highest BCUT2D eigenvalue weighted by Gasteiger charge is 2.09. The summed E-state index contributed by atoms with van der Waals surface area (Å²) in [5, 5.41) is 8.75. The van der Waals surface area contributed by atoms with Gasteiger partial charge >= 0.3 is 0 Å². The van der Waals surface area contributed by atoms with Gasteiger partial charge in [0.15, 0.2) is 6.61 Å². The van der Waals surface area contributed by atoms with Crippen molar-refractivity contribution in [2.75, 3.05) is 6.61 Å². The number of benzene rings is 1. The van der Waals surface area contributed by atoms with Crippen LogP contribution in [0.15, 0.2) is 36.4 Å². The Bertz CT molecular complexity index is 610. The van der Waals surface area contributed by atoms with Crippen molar-refractivity contribution in [2.24, 2.45) is 0 Å². The van der Waals surface area contributed by atoms with Gasteiger partial charge in [-0.1, -0.05) is 6.07 Å². The van der Waals surface area contributed by atoms with Crippen LogP contribution in [-0.4, -0.2) is 12.4 Å². The molecule has 18 heavy (non-hydrogen) atoms. The van der Waals surface area contributed by atoms with Gasteiger partial charge in [0, 0.05) is 4.88 Å². The molecule has 0 saturated heterocycles. The molecule has 3 nitrogen and oxygen atoms in total. The molecule has 1 heterocycles. The van der Waals surface area contributed by atoms with Crippen molar-refractivity contribution in [1.82, 2.24) is 0 Å². The quantitative estimate of drug-likeness (QED) is 0.790. The number of carbonyl (C=O) groups excluding carboxylic acids is 1. The van der Waals surface area contributed by atoms with E-state index in [9.17, 15) is 4.79 Å². The SMILES string of the molecule is Cc1ccc(C(=O)COc2cccc(C#N)c2)s1. The lowest BCUT2D eigenvalue weighted by molar-refractivity contribution is 0.0925. The van der Waals surface area contributed by atoms with E-state index in [1.54, 1.807) is 30.3 Å². The molecule has 2 rings (SSSR count). The zero-order chi connectivity index (χ0) is 13.0. The van der Waals surface area contributed by atoms with Gasteiger partial charge < -0.3 is 4.74 Å². The van der Waals surface area contributed by atoms with Crippen LogP contribution in [0.2, 0.25) is 0 Å². The number of aryl methyl sites for hydroxylation is 1. The number of Topliss-reactive ketones (excluding diaryl/α,β-unsaturated/α-hetero) is 1. The highest BCUT2D eigenvalue weighted by molar-refractivity contribution is 7.14. The van der Waals surface area contributed by atoms with Crippen molar-refractivity contribution < 1.29 is 9.53 Å². The molecule has 2 aromatic rings. The summed E-state index contributed by atoms with van der Waals surface area (Å²) < 4.78 is 5.38. The number of ketones is 1. The Hall–Kier alpha value is -2.12. The zero-order valence-electron chi connectivity index (χ0n) is 9.84. The number of nitrogens with zero attached hydrogens (tertiary/aromatic N) is 1. The summed E-state index contributed by atoms with van der Waals surface area (Å²) in [6.45, 7) is 1.95. The first-order chi connectivity index (χ1) is 8.69. The molecule has 0 atom stereocenters. The molecule has 0 aliphatic rings. The van der Waals surface area contributed by atoms with Crippen molar-refractivity contribution in [3.8, 4) is 11.8 Å². The molecule has 0 fully saturated rings. The molecule has 4 heteroatoms. The molecule has 0 radical (unpaired) electrons. The minimum atomic E-state index is -0.0459. The van der Waals surface area contributed by atoms with Crippen molar-refractivity contribution in [3.63, 3.8) is 0 Å². The predicted octanol–water partition coefficient (Wildman–Crippen LogP) is 3.19. The van der Waals surface area contributed by atoms with E-state index in [2.05, 4.69) is 0 Å². The molecular weight excluding hydrogens is 246 g/mol. The van der Waals surface area contributed by atoms with Crippen LogP contribution in [0.5, 0.6) is 5.75 Å². The number of rotatable bonds is 4. The van der Waals surface area contributed by atoms with Crippen molar-refractivity contribution in [1.29, 1.82) is 5.26 Å². The lowest BCUT2D eigenvalue weighted by Gasteiger charge is -2.04. The van der Waals surface area contributed by atoms with Gasteiger partial charge in [0.1, 0.15) is 5.75 Å². The normalized spacial score (nSPS) is 9.78. The van der Waals surface area contributed by atoms with Crippen molar-refractivity contribution in [2.45, 2.75) is 6.92 Å². The second-order valence-corrected chi connectivity index (χ2v) is 5.05. The topological polar surface area (TPSA) is 50.1 Å². The molecule has 0 spiro atoms. The molecule has 1 aromatic carbocycles. The maximum absolute atomic E-state index is 11.8. The molecular formula is C14H11NO2S. The number of thiophene rings is 1. The highest BCUT2D eigenvalue weighted by atomic mass is 32.1. The van der Waals surface area contributed by atoms with Crippen molar-refractivity contribution in [3.05, 3.63) is 51.7 Å². The third kappa shape index (κ3) is 2.96. The Morgan fingerprint density at radius 1 is 1.39 bits per heavy atom. The minimum absolute atomic E-state index is 0.00512. The molecule has 0 N–H and O–H groups in total. The first-order valence-electron chi connectivity index (χ1n) is 5.41. The summed E-state index contributed by atoms with van der Waals surface area (Å²) >= 11 is 1.46. The van der Waals surface area contributed by atoms with Gasteiger partial charge in [-0.2, -0.15) is 5.26 Å². The van der Waals surface area contributed by atoms with Crippen LogP contribution >= 0.6 is 11.3 Å². The van der Waals surface area contributed by atoms with Crippen LogP contribution in [-0.2, 0) is 0 Å². The molecule has 0 bridgehead atoms. The van der Waals surface area contributed by atoms with Gasteiger partial charge in [-0.25, -0.2) is 0 Å². The predicted molar refractivity (Wildman–Crippen MR) is 70.0 cm³/mol. The van der Waals surface area contributed by atoms with Gasteiger partial charge in [0.25, 0.3) is 0 Å². The third-order valence-electron chi connectivity index (χ3n) is 2.35. The van der Waals surface area contributed by atoms with Gasteiger partial charge in [0.05, 0.1) is 16.5 Å². The van der Waals surface area contributed by atoms with E-state index in [4.69, 9.17) is 10.00 Å². The van der Waals surface area contributed by atoms with Crippen LogP contribution in [0.25, 0.3) is 0 Å². The molecule has 0 aliphatic carbocycles. The molecule has 0 amide bonds. The molecule has 0 aliphatic heterocycles. The number of nitriles is 1. The van der Waals surface area contributed by atoms with E-state index in [-0.39, 0.29) is 12.4 Å². The maximum atomic E-state index is 11.8. The summed E-state index contributed by atoms with van der Waals surface area (Å²) in [5.74, 6) is 0.492. The van der Waals surface area contributed by atoms with E-state index in [1.165, 1.54) is 11.3 Å². The smallest absolute Gasteiger partial charge is 0.210 e. The van der Waals surface area contributed by atoms with Gasteiger partial charge in [-0.15, -0.1) is 11.3 Å². The fourth-order valence-electron chi connectivity index (χ4n) is 1.46. The molecule has 90 valence electrons. The molecule has 0 unspecified atom stereocenters. The zero-order valence-corrected chi connectivity index (χ0v) is 10.7. The third-order valence-corrected chi connectivity index (χ3v) is 3.39. The summed E-state index contributed by atoms with van der Waals surface area (Å²) in [6, 6.07) is 12.5. The lowest BCUT2D eigenvalue weighted by Crippen LogP contribution is -2.10.